The van der Waals surface area contributed by atoms with Crippen LogP contribution in [0.5, 0.6) is 5.75 Å². The van der Waals surface area contributed by atoms with E-state index in [2.05, 4.69) is 4.90 Å². The molecule has 2 heterocycles. The van der Waals surface area contributed by atoms with Crippen molar-refractivity contribution in [3.05, 3.63) is 59.7 Å². The van der Waals surface area contributed by atoms with Crippen molar-refractivity contribution in [2.75, 3.05) is 37.6 Å². The van der Waals surface area contributed by atoms with Crippen molar-refractivity contribution in [1.29, 1.82) is 0 Å². The third kappa shape index (κ3) is 3.83. The third-order valence-electron chi connectivity index (χ3n) is 6.69. The van der Waals surface area contributed by atoms with E-state index in [0.29, 0.717) is 32.7 Å². The second-order valence-corrected chi connectivity index (χ2v) is 8.58. The Morgan fingerprint density at radius 2 is 1.66 bits per heavy atom. The van der Waals surface area contributed by atoms with E-state index in [1.165, 1.54) is 4.90 Å². The van der Waals surface area contributed by atoms with E-state index in [4.69, 9.17) is 0 Å². The van der Waals surface area contributed by atoms with Gasteiger partial charge in [0.15, 0.2) is 0 Å². The average molecular weight is 436 g/mol. The number of imide groups is 1. The molecule has 4 rings (SSSR count). The number of likely N-dealkylation sites (N-methyl/N-ethyl adjacent to an activating group) is 1. The molecule has 0 radical (unpaired) electrons. The average Bonchev–Trinajstić information content (AvgIpc) is 3.04. The lowest BCUT2D eigenvalue weighted by Gasteiger charge is -2.38. The van der Waals surface area contributed by atoms with Crippen molar-refractivity contribution >= 4 is 23.4 Å². The van der Waals surface area contributed by atoms with Crippen LogP contribution in [0.1, 0.15) is 30.9 Å². The molecule has 1 N–H and O–H groups in total. The molecule has 2 saturated heterocycles. The summed E-state index contributed by atoms with van der Waals surface area (Å²) in [4.78, 5) is 44.7. The van der Waals surface area contributed by atoms with Crippen LogP contribution in [0, 0.1) is 6.92 Å². The molecule has 0 saturated carbocycles. The van der Waals surface area contributed by atoms with Crippen LogP contribution in [-0.4, -0.2) is 65.4 Å². The van der Waals surface area contributed by atoms with Gasteiger partial charge in [-0.05, 0) is 49.2 Å². The fourth-order valence-electron chi connectivity index (χ4n) is 4.92. The number of anilines is 1. The lowest BCUT2D eigenvalue weighted by molar-refractivity contribution is -0.142. The van der Waals surface area contributed by atoms with Crippen LogP contribution in [0.4, 0.5) is 5.69 Å². The maximum Gasteiger partial charge on any atom is 0.240 e. The summed E-state index contributed by atoms with van der Waals surface area (Å²) in [6.45, 7) is 6.44. The Morgan fingerprint density at radius 1 is 1.00 bits per heavy atom. The predicted octanol–water partition coefficient (Wildman–Crippen LogP) is 2.46. The standard InChI is InChI=1S/C25H29N3O4/c1-3-28-23(31)17-25(24(28)32,21-7-5-4-6-18(21)2)16-22(30)27-14-12-26(13-15-27)19-8-10-20(29)11-9-19/h4-11,29H,3,12-17H2,1-2H3. The summed E-state index contributed by atoms with van der Waals surface area (Å²) in [5.41, 5.74) is 1.55. The van der Waals surface area contributed by atoms with E-state index in [9.17, 15) is 19.5 Å². The number of phenolic OH excluding ortho intramolecular Hbond substituents is 1. The molecule has 2 aliphatic rings. The Labute approximate surface area is 188 Å². The minimum absolute atomic E-state index is 0.00185. The number of benzene rings is 2. The highest BCUT2D eigenvalue weighted by atomic mass is 16.3. The van der Waals surface area contributed by atoms with Crippen molar-refractivity contribution in [3.63, 3.8) is 0 Å². The lowest BCUT2D eigenvalue weighted by atomic mass is 9.74. The predicted molar refractivity (Wildman–Crippen MR) is 121 cm³/mol. The first-order chi connectivity index (χ1) is 15.4. The first-order valence-electron chi connectivity index (χ1n) is 11.1. The molecule has 168 valence electrons. The molecule has 0 aromatic heterocycles. The number of nitrogens with zero attached hydrogens (tertiary/aromatic N) is 3. The molecule has 0 aliphatic carbocycles. The van der Waals surface area contributed by atoms with Gasteiger partial charge in [-0.3, -0.25) is 19.3 Å². The normalized spacial score (nSPS) is 21.4. The first-order valence-corrected chi connectivity index (χ1v) is 11.1. The monoisotopic (exact) mass is 435 g/mol. The van der Waals surface area contributed by atoms with Gasteiger partial charge in [-0.15, -0.1) is 0 Å². The summed E-state index contributed by atoms with van der Waals surface area (Å²) in [7, 11) is 0. The van der Waals surface area contributed by atoms with Crippen molar-refractivity contribution in [2.45, 2.75) is 32.1 Å². The van der Waals surface area contributed by atoms with Gasteiger partial charge < -0.3 is 14.9 Å². The van der Waals surface area contributed by atoms with Crippen LogP contribution in [-0.2, 0) is 19.8 Å². The highest BCUT2D eigenvalue weighted by molar-refractivity contribution is 6.10. The number of likely N-dealkylation sites (tertiary alicyclic amines) is 1. The summed E-state index contributed by atoms with van der Waals surface area (Å²) in [6.07, 6.45) is 0.0296. The van der Waals surface area contributed by atoms with Gasteiger partial charge in [-0.25, -0.2) is 0 Å². The van der Waals surface area contributed by atoms with Crippen molar-refractivity contribution in [1.82, 2.24) is 9.80 Å². The van der Waals surface area contributed by atoms with Crippen LogP contribution in [0.3, 0.4) is 0 Å². The Bertz CT molecular complexity index is 1030. The van der Waals surface area contributed by atoms with Crippen molar-refractivity contribution < 1.29 is 19.5 Å². The molecular weight excluding hydrogens is 406 g/mol. The van der Waals surface area contributed by atoms with Crippen LogP contribution in [0.2, 0.25) is 0 Å². The zero-order chi connectivity index (χ0) is 22.9. The quantitative estimate of drug-likeness (QED) is 0.730. The fraction of sp³-hybridized carbons (Fsp3) is 0.400. The molecule has 2 aromatic rings. The van der Waals surface area contributed by atoms with E-state index >= 15 is 0 Å². The highest BCUT2D eigenvalue weighted by Gasteiger charge is 2.54. The number of amides is 3. The van der Waals surface area contributed by atoms with E-state index in [0.717, 1.165) is 16.8 Å². The minimum atomic E-state index is -1.14. The van der Waals surface area contributed by atoms with Crippen LogP contribution < -0.4 is 4.90 Å². The van der Waals surface area contributed by atoms with E-state index < -0.39 is 5.41 Å². The Hall–Kier alpha value is -3.35. The second kappa shape index (κ2) is 8.65. The van der Waals surface area contributed by atoms with Gasteiger partial charge in [-0.1, -0.05) is 24.3 Å². The van der Waals surface area contributed by atoms with Gasteiger partial charge >= 0.3 is 0 Å². The molecule has 32 heavy (non-hydrogen) atoms. The summed E-state index contributed by atoms with van der Waals surface area (Å²) in [6, 6.07) is 14.6. The first kappa shape index (κ1) is 21.9. The molecule has 3 amide bonds. The van der Waals surface area contributed by atoms with E-state index in [1.807, 2.05) is 43.3 Å². The van der Waals surface area contributed by atoms with Gasteiger partial charge in [0.25, 0.3) is 0 Å². The lowest BCUT2D eigenvalue weighted by Crippen LogP contribution is -2.51. The topological polar surface area (TPSA) is 81.2 Å². The van der Waals surface area contributed by atoms with E-state index in [1.54, 1.807) is 24.0 Å². The second-order valence-electron chi connectivity index (χ2n) is 8.58. The zero-order valence-electron chi connectivity index (χ0n) is 18.6. The third-order valence-corrected chi connectivity index (χ3v) is 6.69. The Kier molecular flexibility index (Phi) is 5.91. The molecule has 2 aliphatic heterocycles. The number of aromatic hydroxyl groups is 1. The fourth-order valence-corrected chi connectivity index (χ4v) is 4.92. The number of carbonyl (C=O) groups is 3. The molecule has 0 bridgehead atoms. The largest absolute Gasteiger partial charge is 0.508 e. The van der Waals surface area contributed by atoms with Crippen LogP contribution in [0.15, 0.2) is 48.5 Å². The highest BCUT2D eigenvalue weighted by Crippen LogP contribution is 2.41. The summed E-state index contributed by atoms with van der Waals surface area (Å²) in [5.74, 6) is -0.361. The van der Waals surface area contributed by atoms with Crippen LogP contribution in [0.25, 0.3) is 0 Å². The zero-order valence-corrected chi connectivity index (χ0v) is 18.6. The number of piperazine rings is 1. The Balaban J connectivity index is 1.53. The number of phenols is 1. The van der Waals surface area contributed by atoms with Gasteiger partial charge in [-0.2, -0.15) is 0 Å². The molecule has 2 fully saturated rings. The maximum atomic E-state index is 13.4. The van der Waals surface area contributed by atoms with Gasteiger partial charge in [0.2, 0.25) is 17.7 Å². The van der Waals surface area contributed by atoms with Crippen molar-refractivity contribution in [3.8, 4) is 5.75 Å². The maximum absolute atomic E-state index is 13.4. The molecular formula is C25H29N3O4. The smallest absolute Gasteiger partial charge is 0.240 e. The molecule has 7 nitrogen and oxygen atoms in total. The molecule has 1 atom stereocenters. The number of aryl methyl sites for hydroxylation is 1. The summed E-state index contributed by atoms with van der Waals surface area (Å²) >= 11 is 0. The number of hydrogen-bond acceptors (Lipinski definition) is 5. The SMILES string of the molecule is CCN1C(=O)CC(CC(=O)N2CCN(c3ccc(O)cc3)CC2)(c2ccccc2C)C1=O. The van der Waals surface area contributed by atoms with Crippen LogP contribution >= 0.6 is 0 Å². The molecule has 1 unspecified atom stereocenters. The molecule has 2 aromatic carbocycles. The number of carbonyl (C=O) groups excluding carboxylic acids is 3. The number of hydrogen-bond donors (Lipinski definition) is 1. The molecule has 7 heteroatoms. The van der Waals surface area contributed by atoms with Crippen molar-refractivity contribution in [2.24, 2.45) is 0 Å². The summed E-state index contributed by atoms with van der Waals surface area (Å²) < 4.78 is 0. The van der Waals surface area contributed by atoms with E-state index in [-0.39, 0.29) is 36.3 Å². The van der Waals surface area contributed by atoms with Gasteiger partial charge in [0.05, 0.1) is 5.41 Å². The summed E-state index contributed by atoms with van der Waals surface area (Å²) in [5, 5.41) is 9.49. The number of rotatable bonds is 5. The Morgan fingerprint density at radius 3 is 2.25 bits per heavy atom. The minimum Gasteiger partial charge on any atom is -0.508 e. The molecule has 0 spiro atoms. The van der Waals surface area contributed by atoms with Gasteiger partial charge in [0, 0.05) is 51.3 Å². The van der Waals surface area contributed by atoms with Gasteiger partial charge in [0.1, 0.15) is 5.75 Å².